The molecule has 0 unspecified atom stereocenters. The van der Waals surface area contributed by atoms with Crippen LogP contribution in [-0.2, 0) is 10.0 Å². The van der Waals surface area contributed by atoms with E-state index in [9.17, 15) is 8.42 Å². The minimum Gasteiger partial charge on any atom is -0.494 e. The third kappa shape index (κ3) is 4.19. The van der Waals surface area contributed by atoms with Crippen LogP contribution in [-0.4, -0.2) is 39.0 Å². The van der Waals surface area contributed by atoms with E-state index in [4.69, 9.17) is 10.5 Å². The van der Waals surface area contributed by atoms with Crippen molar-refractivity contribution in [3.8, 4) is 5.75 Å². The Morgan fingerprint density at radius 2 is 1.84 bits per heavy atom. The summed E-state index contributed by atoms with van der Waals surface area (Å²) in [4.78, 5) is 0.273. The largest absolute Gasteiger partial charge is 0.494 e. The van der Waals surface area contributed by atoms with Crippen LogP contribution in [0.5, 0.6) is 5.75 Å². The first-order chi connectivity index (χ1) is 8.89. The minimum absolute atomic E-state index is 0.0783. The van der Waals surface area contributed by atoms with Crippen LogP contribution in [0.25, 0.3) is 0 Å². The van der Waals surface area contributed by atoms with Crippen molar-refractivity contribution in [2.24, 2.45) is 5.73 Å². The highest BCUT2D eigenvalue weighted by atomic mass is 32.2. The lowest BCUT2D eigenvalue weighted by molar-refractivity contribution is 0.313. The molecule has 0 atom stereocenters. The molecule has 0 aliphatic carbocycles. The van der Waals surface area contributed by atoms with Crippen molar-refractivity contribution in [2.75, 3.05) is 20.2 Å². The zero-order chi connectivity index (χ0) is 14.5. The monoisotopic (exact) mass is 286 g/mol. The molecule has 0 aromatic heterocycles. The molecule has 2 N–H and O–H groups in total. The van der Waals surface area contributed by atoms with Crippen LogP contribution in [0.1, 0.15) is 20.3 Å². The zero-order valence-electron chi connectivity index (χ0n) is 11.7. The van der Waals surface area contributed by atoms with E-state index in [0.717, 1.165) is 6.42 Å². The first-order valence-corrected chi connectivity index (χ1v) is 7.74. The van der Waals surface area contributed by atoms with Gasteiger partial charge in [-0.15, -0.1) is 0 Å². The Balaban J connectivity index is 2.81. The maximum Gasteiger partial charge on any atom is 0.243 e. The van der Waals surface area contributed by atoms with E-state index >= 15 is 0 Å². The summed E-state index contributed by atoms with van der Waals surface area (Å²) in [5.41, 5.74) is 5.37. The van der Waals surface area contributed by atoms with Gasteiger partial charge in [0, 0.05) is 13.1 Å². The van der Waals surface area contributed by atoms with Gasteiger partial charge in [-0.2, -0.15) is 4.31 Å². The number of benzene rings is 1. The van der Waals surface area contributed by atoms with E-state index in [-0.39, 0.29) is 10.9 Å². The van der Waals surface area contributed by atoms with E-state index in [2.05, 4.69) is 0 Å². The highest BCUT2D eigenvalue weighted by molar-refractivity contribution is 7.89. The Labute approximate surface area is 115 Å². The molecular weight excluding hydrogens is 264 g/mol. The lowest BCUT2D eigenvalue weighted by atomic mass is 10.3. The summed E-state index contributed by atoms with van der Waals surface area (Å²) in [5.74, 6) is 0.652. The van der Waals surface area contributed by atoms with Gasteiger partial charge in [-0.3, -0.25) is 0 Å². The summed E-state index contributed by atoms with van der Waals surface area (Å²) in [5, 5.41) is 0. The molecule has 0 bridgehead atoms. The fourth-order valence-electron chi connectivity index (χ4n) is 1.43. The molecule has 1 aromatic rings. The van der Waals surface area contributed by atoms with E-state index in [1.165, 1.54) is 4.31 Å². The number of hydrogen-bond acceptors (Lipinski definition) is 4. The molecule has 0 saturated heterocycles. The molecule has 1 rings (SSSR count). The predicted molar refractivity (Wildman–Crippen MR) is 75.7 cm³/mol. The molecule has 0 aliphatic rings. The van der Waals surface area contributed by atoms with Crippen LogP contribution in [0.4, 0.5) is 0 Å². The van der Waals surface area contributed by atoms with Crippen molar-refractivity contribution >= 4 is 10.0 Å². The van der Waals surface area contributed by atoms with Gasteiger partial charge in [0.05, 0.1) is 11.5 Å². The van der Waals surface area contributed by atoms with E-state index in [0.29, 0.717) is 18.9 Å². The standard InChI is InChI=1S/C13H22N2O3S/c1-11(2)15(3)19(16,17)13-7-5-12(6-8-13)18-10-4-9-14/h5-8,11H,4,9-10,14H2,1-3H3. The van der Waals surface area contributed by atoms with Gasteiger partial charge in [0.2, 0.25) is 10.0 Å². The van der Waals surface area contributed by atoms with Gasteiger partial charge in [-0.05, 0) is 51.1 Å². The summed E-state index contributed by atoms with van der Waals surface area (Å²) < 4.78 is 31.2. The molecule has 5 nitrogen and oxygen atoms in total. The third-order valence-corrected chi connectivity index (χ3v) is 4.89. The second kappa shape index (κ2) is 6.88. The van der Waals surface area contributed by atoms with Crippen LogP contribution in [0.3, 0.4) is 0 Å². The fourth-order valence-corrected chi connectivity index (χ4v) is 2.79. The first kappa shape index (κ1) is 15.9. The molecule has 0 heterocycles. The average Bonchev–Trinajstić information content (AvgIpc) is 2.38. The van der Waals surface area contributed by atoms with Crippen LogP contribution in [0.2, 0.25) is 0 Å². The van der Waals surface area contributed by atoms with Crippen molar-refractivity contribution < 1.29 is 13.2 Å². The van der Waals surface area contributed by atoms with Gasteiger partial charge < -0.3 is 10.5 Å². The maximum atomic E-state index is 12.2. The third-order valence-electron chi connectivity index (χ3n) is 2.85. The van der Waals surface area contributed by atoms with Gasteiger partial charge in [-0.25, -0.2) is 8.42 Å². The molecule has 0 fully saturated rings. The summed E-state index contributed by atoms with van der Waals surface area (Å²) >= 11 is 0. The van der Waals surface area contributed by atoms with E-state index in [1.54, 1.807) is 31.3 Å². The smallest absolute Gasteiger partial charge is 0.243 e. The summed E-state index contributed by atoms with van der Waals surface area (Å²) in [6.07, 6.45) is 0.774. The molecule has 0 saturated carbocycles. The quantitative estimate of drug-likeness (QED) is 0.770. The van der Waals surface area contributed by atoms with Gasteiger partial charge in [0.25, 0.3) is 0 Å². The topological polar surface area (TPSA) is 72.6 Å². The molecule has 6 heteroatoms. The van der Waals surface area contributed by atoms with Crippen molar-refractivity contribution in [3.63, 3.8) is 0 Å². The van der Waals surface area contributed by atoms with E-state index in [1.807, 2.05) is 13.8 Å². The summed E-state index contributed by atoms with van der Waals surface area (Å²) in [6, 6.07) is 6.37. The van der Waals surface area contributed by atoms with Gasteiger partial charge in [-0.1, -0.05) is 0 Å². The number of nitrogens with two attached hydrogens (primary N) is 1. The van der Waals surface area contributed by atoms with Crippen LogP contribution in [0.15, 0.2) is 29.2 Å². The number of nitrogens with zero attached hydrogens (tertiary/aromatic N) is 1. The number of ether oxygens (including phenoxy) is 1. The van der Waals surface area contributed by atoms with Crippen molar-refractivity contribution in [3.05, 3.63) is 24.3 Å². The predicted octanol–water partition coefficient (Wildman–Crippen LogP) is 1.44. The van der Waals surface area contributed by atoms with Gasteiger partial charge in [0.15, 0.2) is 0 Å². The van der Waals surface area contributed by atoms with Gasteiger partial charge in [0.1, 0.15) is 5.75 Å². The molecule has 0 aliphatic heterocycles. The van der Waals surface area contributed by atoms with Crippen LogP contribution >= 0.6 is 0 Å². The molecule has 0 radical (unpaired) electrons. The summed E-state index contributed by atoms with van der Waals surface area (Å²) in [6.45, 7) is 4.78. The highest BCUT2D eigenvalue weighted by Crippen LogP contribution is 2.20. The Morgan fingerprint density at radius 3 is 2.32 bits per heavy atom. The average molecular weight is 286 g/mol. The molecule has 0 amide bonds. The Morgan fingerprint density at radius 1 is 1.26 bits per heavy atom. The Hall–Kier alpha value is -1.11. The molecule has 108 valence electrons. The molecular formula is C13H22N2O3S. The lowest BCUT2D eigenvalue weighted by Crippen LogP contribution is -2.32. The number of rotatable bonds is 7. The second-order valence-electron chi connectivity index (χ2n) is 4.58. The van der Waals surface area contributed by atoms with E-state index < -0.39 is 10.0 Å². The summed E-state index contributed by atoms with van der Waals surface area (Å²) in [7, 11) is -1.85. The number of hydrogen-bond donors (Lipinski definition) is 1. The SMILES string of the molecule is CC(C)N(C)S(=O)(=O)c1ccc(OCCCN)cc1. The van der Waals surface area contributed by atoms with Gasteiger partial charge >= 0.3 is 0 Å². The van der Waals surface area contributed by atoms with Crippen molar-refractivity contribution in [1.29, 1.82) is 0 Å². The maximum absolute atomic E-state index is 12.2. The molecule has 19 heavy (non-hydrogen) atoms. The van der Waals surface area contributed by atoms with Crippen LogP contribution < -0.4 is 10.5 Å². The minimum atomic E-state index is -3.42. The fraction of sp³-hybridized carbons (Fsp3) is 0.538. The molecule has 0 spiro atoms. The van der Waals surface area contributed by atoms with Crippen LogP contribution in [0, 0.1) is 0 Å². The Kier molecular flexibility index (Phi) is 5.78. The number of sulfonamides is 1. The highest BCUT2D eigenvalue weighted by Gasteiger charge is 2.22. The second-order valence-corrected chi connectivity index (χ2v) is 6.57. The normalized spacial score (nSPS) is 12.1. The van der Waals surface area contributed by atoms with Crippen molar-refractivity contribution in [2.45, 2.75) is 31.2 Å². The first-order valence-electron chi connectivity index (χ1n) is 6.30. The Bertz CT molecular complexity index is 483. The van der Waals surface area contributed by atoms with Crippen molar-refractivity contribution in [1.82, 2.24) is 4.31 Å². The zero-order valence-corrected chi connectivity index (χ0v) is 12.5. The molecule has 1 aromatic carbocycles. The lowest BCUT2D eigenvalue weighted by Gasteiger charge is -2.21.